The summed E-state index contributed by atoms with van der Waals surface area (Å²) in [6.07, 6.45) is 0.495. The van der Waals surface area contributed by atoms with Crippen molar-refractivity contribution in [3.05, 3.63) is 58.1 Å². The Morgan fingerprint density at radius 1 is 1.03 bits per heavy atom. The lowest BCUT2D eigenvalue weighted by atomic mass is 10.2. The largest absolute Gasteiger partial charge is 0.491 e. The fourth-order valence-electron chi connectivity index (χ4n) is 3.19. The minimum atomic E-state index is -3.88. The minimum absolute atomic E-state index is 0.0450. The Bertz CT molecular complexity index is 1040. The molecule has 1 heterocycles. The van der Waals surface area contributed by atoms with E-state index in [0.717, 1.165) is 12.1 Å². The minimum Gasteiger partial charge on any atom is -0.491 e. The fraction of sp³-hybridized carbons (Fsp3) is 0.350. The van der Waals surface area contributed by atoms with E-state index in [-0.39, 0.29) is 65.8 Å². The van der Waals surface area contributed by atoms with Crippen molar-refractivity contribution in [2.75, 3.05) is 32.8 Å². The second-order valence-corrected chi connectivity index (χ2v) is 9.55. The molecule has 2 aromatic carbocycles. The van der Waals surface area contributed by atoms with E-state index in [2.05, 4.69) is 0 Å². The molecule has 0 N–H and O–H groups in total. The molecule has 1 aliphatic rings. The van der Waals surface area contributed by atoms with Crippen molar-refractivity contribution in [1.29, 1.82) is 0 Å². The Balaban J connectivity index is 1.48. The first-order chi connectivity index (χ1) is 14.7. The molecule has 31 heavy (non-hydrogen) atoms. The molecule has 1 fully saturated rings. The molecule has 0 saturated carbocycles. The molecular formula is C20H20Cl2F2N2O4S. The van der Waals surface area contributed by atoms with Gasteiger partial charge < -0.3 is 9.64 Å². The first-order valence-corrected chi connectivity index (χ1v) is 11.7. The third-order valence-corrected chi connectivity index (χ3v) is 7.65. The Morgan fingerprint density at radius 3 is 2.29 bits per heavy atom. The number of rotatable bonds is 7. The highest BCUT2D eigenvalue weighted by molar-refractivity contribution is 7.89. The normalized spacial score (nSPS) is 15.2. The second kappa shape index (κ2) is 10.1. The van der Waals surface area contributed by atoms with Gasteiger partial charge in [0.15, 0.2) is 11.6 Å². The van der Waals surface area contributed by atoms with Gasteiger partial charge in [-0.2, -0.15) is 4.31 Å². The average Bonchev–Trinajstić information content (AvgIpc) is 2.72. The van der Waals surface area contributed by atoms with E-state index in [1.165, 1.54) is 22.5 Å². The summed E-state index contributed by atoms with van der Waals surface area (Å²) in [6.45, 7) is 0.786. The lowest BCUT2D eigenvalue weighted by Crippen LogP contribution is -2.50. The molecule has 0 spiro atoms. The van der Waals surface area contributed by atoms with Crippen LogP contribution in [-0.2, 0) is 14.8 Å². The topological polar surface area (TPSA) is 66.9 Å². The van der Waals surface area contributed by atoms with E-state index >= 15 is 0 Å². The summed E-state index contributed by atoms with van der Waals surface area (Å²) in [5.74, 6) is -1.73. The van der Waals surface area contributed by atoms with Gasteiger partial charge in [-0.05, 0) is 30.7 Å². The highest BCUT2D eigenvalue weighted by atomic mass is 35.5. The van der Waals surface area contributed by atoms with Crippen LogP contribution in [-0.4, -0.2) is 56.3 Å². The van der Waals surface area contributed by atoms with Gasteiger partial charge >= 0.3 is 0 Å². The van der Waals surface area contributed by atoms with E-state index in [4.69, 9.17) is 27.9 Å². The van der Waals surface area contributed by atoms with Gasteiger partial charge in [0, 0.05) is 38.7 Å². The molecule has 0 unspecified atom stereocenters. The number of hydrogen-bond acceptors (Lipinski definition) is 4. The van der Waals surface area contributed by atoms with Gasteiger partial charge in [-0.15, -0.1) is 0 Å². The number of nitrogens with zero attached hydrogens (tertiary/aromatic N) is 2. The van der Waals surface area contributed by atoms with Crippen molar-refractivity contribution in [2.24, 2.45) is 0 Å². The van der Waals surface area contributed by atoms with E-state index in [9.17, 15) is 22.0 Å². The third kappa shape index (κ3) is 5.65. The van der Waals surface area contributed by atoms with Crippen LogP contribution in [0.15, 0.2) is 41.3 Å². The number of amides is 1. The van der Waals surface area contributed by atoms with Gasteiger partial charge in [0.2, 0.25) is 15.9 Å². The lowest BCUT2D eigenvalue weighted by Gasteiger charge is -2.34. The molecule has 3 rings (SSSR count). The quantitative estimate of drug-likeness (QED) is 0.548. The van der Waals surface area contributed by atoms with E-state index in [1.54, 1.807) is 11.0 Å². The average molecular weight is 493 g/mol. The maximum absolute atomic E-state index is 13.5. The molecule has 1 saturated heterocycles. The molecule has 11 heteroatoms. The van der Waals surface area contributed by atoms with Crippen molar-refractivity contribution in [2.45, 2.75) is 17.7 Å². The predicted octanol–water partition coefficient (Wildman–Crippen LogP) is 3.96. The molecule has 0 aromatic heterocycles. The first kappa shape index (κ1) is 23.7. The van der Waals surface area contributed by atoms with Crippen LogP contribution in [0.25, 0.3) is 0 Å². The van der Waals surface area contributed by atoms with Crippen molar-refractivity contribution < 1.29 is 26.7 Å². The number of piperazine rings is 1. The monoisotopic (exact) mass is 492 g/mol. The summed E-state index contributed by atoms with van der Waals surface area (Å²) < 4.78 is 58.7. The van der Waals surface area contributed by atoms with Crippen molar-refractivity contribution in [1.82, 2.24) is 9.21 Å². The zero-order valence-electron chi connectivity index (χ0n) is 16.4. The highest BCUT2D eigenvalue weighted by Crippen LogP contribution is 2.32. The lowest BCUT2D eigenvalue weighted by molar-refractivity contribution is -0.132. The number of sulfonamides is 1. The summed E-state index contributed by atoms with van der Waals surface area (Å²) >= 11 is 12.1. The summed E-state index contributed by atoms with van der Waals surface area (Å²) in [5.41, 5.74) is 0. The van der Waals surface area contributed by atoms with Crippen molar-refractivity contribution in [3.8, 4) is 5.75 Å². The summed E-state index contributed by atoms with van der Waals surface area (Å²) in [6, 6.07) is 7.49. The van der Waals surface area contributed by atoms with Gasteiger partial charge in [-0.1, -0.05) is 29.3 Å². The molecule has 168 valence electrons. The number of carbonyl (C=O) groups is 1. The molecule has 0 bridgehead atoms. The van der Waals surface area contributed by atoms with Crippen LogP contribution in [0.4, 0.5) is 8.78 Å². The maximum atomic E-state index is 13.5. The van der Waals surface area contributed by atoms with Crippen LogP contribution in [0.5, 0.6) is 5.75 Å². The van der Waals surface area contributed by atoms with Crippen LogP contribution >= 0.6 is 23.2 Å². The zero-order valence-corrected chi connectivity index (χ0v) is 18.7. The zero-order chi connectivity index (χ0) is 22.6. The molecular weight excluding hydrogens is 473 g/mol. The van der Waals surface area contributed by atoms with Crippen LogP contribution in [0.3, 0.4) is 0 Å². The van der Waals surface area contributed by atoms with E-state index < -0.39 is 21.7 Å². The summed E-state index contributed by atoms with van der Waals surface area (Å²) in [5, 5.41) is 0.0900. The summed E-state index contributed by atoms with van der Waals surface area (Å²) in [7, 11) is -3.88. The Morgan fingerprint density at radius 2 is 1.68 bits per heavy atom. The maximum Gasteiger partial charge on any atom is 0.246 e. The Labute approximate surface area is 189 Å². The summed E-state index contributed by atoms with van der Waals surface area (Å²) in [4.78, 5) is 13.8. The van der Waals surface area contributed by atoms with Crippen LogP contribution in [0.2, 0.25) is 10.0 Å². The Hall–Kier alpha value is -1.94. The van der Waals surface area contributed by atoms with Crippen LogP contribution in [0, 0.1) is 11.6 Å². The Kier molecular flexibility index (Phi) is 7.74. The second-order valence-electron chi connectivity index (χ2n) is 6.86. The number of ether oxygens (including phenoxy) is 1. The molecule has 1 amide bonds. The van der Waals surface area contributed by atoms with E-state index in [1.807, 2.05) is 0 Å². The molecule has 0 radical (unpaired) electrons. The highest BCUT2D eigenvalue weighted by Gasteiger charge is 2.32. The predicted molar refractivity (Wildman–Crippen MR) is 113 cm³/mol. The van der Waals surface area contributed by atoms with Crippen LogP contribution < -0.4 is 4.74 Å². The standard InChI is InChI=1S/C20H20Cl2F2N2O4S/c21-15-3-1-4-16(22)20(15)31(28,29)26-10-8-25(9-11-26)19(27)5-2-12-30-18-7-6-14(23)13-17(18)24/h1,3-4,6-7,13H,2,5,8-12H2. The first-order valence-electron chi connectivity index (χ1n) is 9.50. The molecule has 2 aromatic rings. The van der Waals surface area contributed by atoms with Gasteiger partial charge in [-0.3, -0.25) is 4.79 Å². The number of benzene rings is 2. The van der Waals surface area contributed by atoms with Gasteiger partial charge in [0.05, 0.1) is 16.7 Å². The number of halogens is 4. The van der Waals surface area contributed by atoms with Gasteiger partial charge in [-0.25, -0.2) is 17.2 Å². The molecule has 0 atom stereocenters. The van der Waals surface area contributed by atoms with Crippen LogP contribution in [0.1, 0.15) is 12.8 Å². The van der Waals surface area contributed by atoms with Crippen molar-refractivity contribution >= 4 is 39.1 Å². The van der Waals surface area contributed by atoms with Gasteiger partial charge in [0.1, 0.15) is 10.7 Å². The molecule has 0 aliphatic carbocycles. The fourth-order valence-corrected chi connectivity index (χ4v) is 5.71. The SMILES string of the molecule is O=C(CCCOc1ccc(F)cc1F)N1CCN(S(=O)(=O)c2c(Cl)cccc2Cl)CC1. The third-order valence-electron chi connectivity index (χ3n) is 4.79. The van der Waals surface area contributed by atoms with E-state index in [0.29, 0.717) is 6.42 Å². The smallest absolute Gasteiger partial charge is 0.246 e. The van der Waals surface area contributed by atoms with Crippen molar-refractivity contribution in [3.63, 3.8) is 0 Å². The molecule has 6 nitrogen and oxygen atoms in total. The number of hydrogen-bond donors (Lipinski definition) is 0. The molecule has 1 aliphatic heterocycles. The number of carbonyl (C=O) groups excluding carboxylic acids is 1. The van der Waals surface area contributed by atoms with Gasteiger partial charge in [0.25, 0.3) is 0 Å².